The summed E-state index contributed by atoms with van der Waals surface area (Å²) >= 11 is 1.71. The molecule has 0 aromatic carbocycles. The summed E-state index contributed by atoms with van der Waals surface area (Å²) in [6.45, 7) is 4.19. The lowest BCUT2D eigenvalue weighted by Crippen LogP contribution is -2.44. The van der Waals surface area contributed by atoms with E-state index in [1.165, 1.54) is 12.8 Å². The van der Waals surface area contributed by atoms with E-state index in [9.17, 15) is 5.11 Å². The highest BCUT2D eigenvalue weighted by molar-refractivity contribution is 7.13. The average molecular weight is 252 g/mol. The van der Waals surface area contributed by atoms with Gasteiger partial charge in [-0.2, -0.15) is 0 Å². The quantitative estimate of drug-likeness (QED) is 0.878. The Morgan fingerprint density at radius 3 is 3.18 bits per heavy atom. The molecular weight excluding hydrogens is 232 g/mol. The second-order valence-electron chi connectivity index (χ2n) is 5.44. The zero-order chi connectivity index (χ0) is 11.9. The van der Waals surface area contributed by atoms with Crippen LogP contribution in [0.3, 0.4) is 0 Å². The summed E-state index contributed by atoms with van der Waals surface area (Å²) in [6.07, 6.45) is 6.19. The summed E-state index contributed by atoms with van der Waals surface area (Å²) in [5, 5.41) is 13.9. The van der Waals surface area contributed by atoms with Crippen molar-refractivity contribution in [3.8, 4) is 0 Å². The van der Waals surface area contributed by atoms with Crippen molar-refractivity contribution in [3.63, 3.8) is 0 Å². The molecule has 1 aliphatic carbocycles. The molecule has 0 bridgehead atoms. The van der Waals surface area contributed by atoms with E-state index < -0.39 is 5.60 Å². The van der Waals surface area contributed by atoms with E-state index in [2.05, 4.69) is 16.8 Å². The number of hydrogen-bond acceptors (Lipinski definition) is 4. The molecule has 2 fully saturated rings. The predicted molar refractivity (Wildman–Crippen MR) is 70.4 cm³/mol. The van der Waals surface area contributed by atoms with Gasteiger partial charge < -0.3 is 10.0 Å². The summed E-state index contributed by atoms with van der Waals surface area (Å²) in [6, 6.07) is 0. The number of fused-ring (bicyclic) bond motifs is 1. The van der Waals surface area contributed by atoms with Crippen molar-refractivity contribution in [2.75, 3.05) is 18.0 Å². The van der Waals surface area contributed by atoms with Gasteiger partial charge in [0, 0.05) is 30.6 Å². The van der Waals surface area contributed by atoms with Crippen molar-refractivity contribution >= 4 is 16.5 Å². The number of rotatable bonds is 2. The van der Waals surface area contributed by atoms with E-state index in [4.69, 9.17) is 0 Å². The van der Waals surface area contributed by atoms with E-state index in [-0.39, 0.29) is 0 Å². The fourth-order valence-corrected chi connectivity index (χ4v) is 4.26. The van der Waals surface area contributed by atoms with Crippen molar-refractivity contribution < 1.29 is 5.11 Å². The topological polar surface area (TPSA) is 36.4 Å². The number of anilines is 1. The van der Waals surface area contributed by atoms with E-state index >= 15 is 0 Å². The van der Waals surface area contributed by atoms with Crippen LogP contribution in [0.5, 0.6) is 0 Å². The molecule has 1 N–H and O–H groups in total. The van der Waals surface area contributed by atoms with Gasteiger partial charge in [-0.25, -0.2) is 4.98 Å². The van der Waals surface area contributed by atoms with Crippen LogP contribution in [-0.2, 0) is 0 Å². The molecule has 1 aromatic heterocycles. The number of aromatic nitrogens is 1. The second-order valence-corrected chi connectivity index (χ2v) is 6.31. The fraction of sp³-hybridized carbons (Fsp3) is 0.769. The van der Waals surface area contributed by atoms with Crippen molar-refractivity contribution in [2.45, 2.75) is 38.2 Å². The predicted octanol–water partition coefficient (Wildman–Crippen LogP) is 2.52. The standard InChI is InChI=1S/C13H20N2OS/c1-2-13(16)5-3-4-10-8-15(9-11(10)13)12-14-6-7-17-12/h6-7,10-11,16H,2-5,8-9H2,1H3/t10-,11+,13-/m1/s1. The van der Waals surface area contributed by atoms with Crippen molar-refractivity contribution in [1.29, 1.82) is 0 Å². The van der Waals surface area contributed by atoms with Crippen molar-refractivity contribution in [2.24, 2.45) is 11.8 Å². The van der Waals surface area contributed by atoms with Crippen LogP contribution in [0.4, 0.5) is 5.13 Å². The molecule has 17 heavy (non-hydrogen) atoms. The molecule has 1 saturated heterocycles. The Balaban J connectivity index is 1.80. The number of thiazole rings is 1. The van der Waals surface area contributed by atoms with Crippen LogP contribution < -0.4 is 4.90 Å². The monoisotopic (exact) mass is 252 g/mol. The third-order valence-electron chi connectivity index (χ3n) is 4.62. The molecule has 94 valence electrons. The molecule has 0 unspecified atom stereocenters. The fourth-order valence-electron chi connectivity index (χ4n) is 3.60. The van der Waals surface area contributed by atoms with Crippen LogP contribution >= 0.6 is 11.3 Å². The highest BCUT2D eigenvalue weighted by atomic mass is 32.1. The molecule has 2 aliphatic rings. The van der Waals surface area contributed by atoms with Crippen molar-refractivity contribution in [3.05, 3.63) is 11.6 Å². The number of hydrogen-bond donors (Lipinski definition) is 1. The summed E-state index contributed by atoms with van der Waals surface area (Å²) in [5.41, 5.74) is -0.422. The molecule has 0 spiro atoms. The summed E-state index contributed by atoms with van der Waals surface area (Å²) in [7, 11) is 0. The van der Waals surface area contributed by atoms with Gasteiger partial charge in [-0.1, -0.05) is 13.3 Å². The lowest BCUT2D eigenvalue weighted by atomic mass is 9.69. The molecule has 4 heteroatoms. The molecule has 3 atom stereocenters. The van der Waals surface area contributed by atoms with Crippen LogP contribution in [0, 0.1) is 11.8 Å². The Bertz CT molecular complexity index is 381. The van der Waals surface area contributed by atoms with Gasteiger partial charge in [0.05, 0.1) is 5.60 Å². The molecule has 1 aliphatic heterocycles. The molecule has 1 aromatic rings. The van der Waals surface area contributed by atoms with Gasteiger partial charge in [0.2, 0.25) is 0 Å². The van der Waals surface area contributed by atoms with E-state index in [0.29, 0.717) is 11.8 Å². The SMILES string of the molecule is CC[C@@]1(O)CCC[C@@H]2CN(c3nccs3)C[C@@H]21. The largest absolute Gasteiger partial charge is 0.390 e. The van der Waals surface area contributed by atoms with Crippen LogP contribution in [0.25, 0.3) is 0 Å². The first-order chi connectivity index (χ1) is 8.23. The van der Waals surface area contributed by atoms with Gasteiger partial charge in [0.1, 0.15) is 0 Å². The first-order valence-electron chi connectivity index (χ1n) is 6.60. The Labute approximate surface area is 106 Å². The first kappa shape index (κ1) is 11.5. The minimum Gasteiger partial charge on any atom is -0.390 e. The Hall–Kier alpha value is -0.610. The molecule has 0 radical (unpaired) electrons. The molecule has 1 saturated carbocycles. The highest BCUT2D eigenvalue weighted by Crippen LogP contribution is 2.45. The number of aliphatic hydroxyl groups is 1. The maximum Gasteiger partial charge on any atom is 0.185 e. The lowest BCUT2D eigenvalue weighted by Gasteiger charge is -2.40. The Morgan fingerprint density at radius 2 is 2.47 bits per heavy atom. The minimum absolute atomic E-state index is 0.422. The summed E-state index contributed by atoms with van der Waals surface area (Å²) in [4.78, 5) is 6.76. The van der Waals surface area contributed by atoms with Crippen LogP contribution in [0.15, 0.2) is 11.6 Å². The first-order valence-corrected chi connectivity index (χ1v) is 7.48. The maximum absolute atomic E-state index is 10.7. The van der Waals surface area contributed by atoms with E-state index in [0.717, 1.165) is 31.1 Å². The lowest BCUT2D eigenvalue weighted by molar-refractivity contribution is -0.0597. The summed E-state index contributed by atoms with van der Waals surface area (Å²) < 4.78 is 0. The Morgan fingerprint density at radius 1 is 1.59 bits per heavy atom. The van der Waals surface area contributed by atoms with E-state index in [1.54, 1.807) is 11.3 Å². The Kier molecular flexibility index (Phi) is 2.87. The zero-order valence-electron chi connectivity index (χ0n) is 10.3. The van der Waals surface area contributed by atoms with Gasteiger partial charge in [0.25, 0.3) is 0 Å². The van der Waals surface area contributed by atoms with Crippen molar-refractivity contribution in [1.82, 2.24) is 4.98 Å². The van der Waals surface area contributed by atoms with Gasteiger partial charge in [-0.3, -0.25) is 0 Å². The third-order valence-corrected chi connectivity index (χ3v) is 5.45. The summed E-state index contributed by atoms with van der Waals surface area (Å²) in [5.74, 6) is 1.11. The number of nitrogens with zero attached hydrogens (tertiary/aromatic N) is 2. The molecule has 0 amide bonds. The molecule has 3 rings (SSSR count). The average Bonchev–Trinajstić information content (AvgIpc) is 2.98. The smallest absolute Gasteiger partial charge is 0.185 e. The second kappa shape index (κ2) is 4.25. The van der Waals surface area contributed by atoms with Gasteiger partial charge in [-0.15, -0.1) is 11.3 Å². The minimum atomic E-state index is -0.422. The van der Waals surface area contributed by atoms with Crippen LogP contribution in [0.2, 0.25) is 0 Å². The van der Waals surface area contributed by atoms with Gasteiger partial charge in [0.15, 0.2) is 5.13 Å². The van der Waals surface area contributed by atoms with Gasteiger partial charge in [-0.05, 0) is 25.2 Å². The molecule has 3 nitrogen and oxygen atoms in total. The molecular formula is C13H20N2OS. The molecule has 2 heterocycles. The van der Waals surface area contributed by atoms with Crippen LogP contribution in [-0.4, -0.2) is 28.8 Å². The maximum atomic E-state index is 10.7. The van der Waals surface area contributed by atoms with Crippen LogP contribution in [0.1, 0.15) is 32.6 Å². The normalized spacial score (nSPS) is 37.2. The zero-order valence-corrected chi connectivity index (χ0v) is 11.1. The third kappa shape index (κ3) is 1.87. The van der Waals surface area contributed by atoms with E-state index in [1.807, 2.05) is 11.6 Å². The van der Waals surface area contributed by atoms with Gasteiger partial charge >= 0.3 is 0 Å². The highest BCUT2D eigenvalue weighted by Gasteiger charge is 2.48.